The summed E-state index contributed by atoms with van der Waals surface area (Å²) in [6, 6.07) is 1.90. The minimum atomic E-state index is -3.31. The number of piperidine rings is 1. The van der Waals surface area contributed by atoms with E-state index in [9.17, 15) is 8.42 Å². The monoisotopic (exact) mass is 362 g/mol. The first-order valence-corrected chi connectivity index (χ1v) is 10.3. The van der Waals surface area contributed by atoms with Gasteiger partial charge in [0, 0.05) is 37.9 Å². The number of nitrogens with zero attached hydrogens (tertiary/aromatic N) is 5. The molecule has 2 aliphatic heterocycles. The summed E-state index contributed by atoms with van der Waals surface area (Å²) in [6.07, 6.45) is 6.81. The Bertz CT molecular complexity index is 886. The van der Waals surface area contributed by atoms with Crippen molar-refractivity contribution in [2.75, 3.05) is 30.8 Å². The van der Waals surface area contributed by atoms with E-state index in [1.54, 1.807) is 16.8 Å². The normalized spacial score (nSPS) is 20.6. The summed E-state index contributed by atoms with van der Waals surface area (Å²) in [5, 5.41) is 0. The maximum absolute atomic E-state index is 12.4. The van der Waals surface area contributed by atoms with Gasteiger partial charge in [0.05, 0.1) is 23.8 Å². The number of hydrogen-bond donors (Lipinski definition) is 1. The second-order valence-corrected chi connectivity index (χ2v) is 8.70. The number of aromatic amines is 1. The van der Waals surface area contributed by atoms with Crippen LogP contribution in [0.25, 0.3) is 0 Å². The lowest BCUT2D eigenvalue weighted by Gasteiger charge is -2.49. The van der Waals surface area contributed by atoms with Crippen molar-refractivity contribution < 1.29 is 8.42 Å². The Morgan fingerprint density at radius 3 is 2.64 bits per heavy atom. The quantitative estimate of drug-likeness (QED) is 0.850. The van der Waals surface area contributed by atoms with Gasteiger partial charge in [0.15, 0.2) is 0 Å². The number of hydrogen-bond acceptors (Lipinski definition) is 6. The highest BCUT2D eigenvalue weighted by atomic mass is 32.2. The molecule has 2 aromatic heterocycles. The van der Waals surface area contributed by atoms with Gasteiger partial charge in [-0.05, 0) is 25.8 Å². The van der Waals surface area contributed by atoms with Crippen LogP contribution in [0.4, 0.5) is 5.82 Å². The van der Waals surface area contributed by atoms with Crippen LogP contribution in [-0.4, -0.2) is 58.5 Å². The molecule has 0 aliphatic carbocycles. The zero-order chi connectivity index (χ0) is 17.7. The highest BCUT2D eigenvalue weighted by molar-refractivity contribution is 7.88. The van der Waals surface area contributed by atoms with E-state index in [0.717, 1.165) is 36.1 Å². The molecule has 4 heterocycles. The molecule has 2 aromatic rings. The number of rotatable bonds is 2. The van der Waals surface area contributed by atoms with Crippen molar-refractivity contribution in [1.82, 2.24) is 24.2 Å². The number of fused-ring (bicyclic) bond motifs is 2. The summed E-state index contributed by atoms with van der Waals surface area (Å²) in [5.74, 6) is 1.63. The number of anilines is 1. The summed E-state index contributed by atoms with van der Waals surface area (Å²) in [4.78, 5) is 18.5. The van der Waals surface area contributed by atoms with Gasteiger partial charge < -0.3 is 9.88 Å². The van der Waals surface area contributed by atoms with E-state index in [1.807, 2.05) is 13.0 Å². The van der Waals surface area contributed by atoms with E-state index < -0.39 is 15.6 Å². The molecule has 0 atom stereocenters. The van der Waals surface area contributed by atoms with Crippen LogP contribution in [0.15, 0.2) is 18.6 Å². The Balaban J connectivity index is 1.67. The van der Waals surface area contributed by atoms with Crippen molar-refractivity contribution in [2.24, 2.45) is 0 Å². The number of aromatic nitrogens is 4. The summed E-state index contributed by atoms with van der Waals surface area (Å²) in [7, 11) is -3.31. The van der Waals surface area contributed by atoms with Gasteiger partial charge in [-0.2, -0.15) is 4.31 Å². The van der Waals surface area contributed by atoms with Crippen LogP contribution in [0.1, 0.15) is 30.1 Å². The van der Waals surface area contributed by atoms with Crippen molar-refractivity contribution >= 4 is 15.8 Å². The number of imidazole rings is 1. The summed E-state index contributed by atoms with van der Waals surface area (Å²) in [6.45, 7) is 3.83. The molecule has 2 aliphatic rings. The van der Waals surface area contributed by atoms with Crippen LogP contribution in [-0.2, 0) is 22.0 Å². The molecule has 134 valence electrons. The Labute approximate surface area is 147 Å². The van der Waals surface area contributed by atoms with E-state index in [-0.39, 0.29) is 0 Å². The molecule has 0 radical (unpaired) electrons. The van der Waals surface area contributed by atoms with Gasteiger partial charge in [0.25, 0.3) is 0 Å². The molecule has 25 heavy (non-hydrogen) atoms. The molecule has 1 saturated heterocycles. The van der Waals surface area contributed by atoms with Gasteiger partial charge in [0.1, 0.15) is 11.6 Å². The van der Waals surface area contributed by atoms with Gasteiger partial charge in [0.2, 0.25) is 10.0 Å². The molecule has 1 spiro atoms. The van der Waals surface area contributed by atoms with E-state index in [2.05, 4.69) is 24.8 Å². The van der Waals surface area contributed by atoms with Crippen molar-refractivity contribution in [1.29, 1.82) is 0 Å². The van der Waals surface area contributed by atoms with Gasteiger partial charge in [-0.25, -0.2) is 23.4 Å². The predicted molar refractivity (Wildman–Crippen MR) is 93.7 cm³/mol. The van der Waals surface area contributed by atoms with Crippen LogP contribution in [0.5, 0.6) is 0 Å². The van der Waals surface area contributed by atoms with Crippen LogP contribution in [0.2, 0.25) is 0 Å². The molecule has 9 heteroatoms. The highest BCUT2D eigenvalue weighted by Crippen LogP contribution is 2.43. The number of sulfonamides is 1. The molecule has 1 N–H and O–H groups in total. The summed E-state index contributed by atoms with van der Waals surface area (Å²) in [5.41, 5.74) is 1.40. The van der Waals surface area contributed by atoms with E-state index >= 15 is 0 Å². The summed E-state index contributed by atoms with van der Waals surface area (Å²) >= 11 is 0. The fourth-order valence-corrected chi connectivity index (χ4v) is 5.48. The van der Waals surface area contributed by atoms with Crippen molar-refractivity contribution in [3.63, 3.8) is 0 Å². The molecule has 1 fully saturated rings. The van der Waals surface area contributed by atoms with Gasteiger partial charge in [-0.3, -0.25) is 0 Å². The molecule has 0 amide bonds. The maximum Gasteiger partial charge on any atom is 0.212 e. The molecule has 0 bridgehead atoms. The molecular weight excluding hydrogens is 340 g/mol. The van der Waals surface area contributed by atoms with Gasteiger partial charge in [-0.15, -0.1) is 0 Å². The third kappa shape index (κ3) is 2.71. The van der Waals surface area contributed by atoms with E-state index in [4.69, 9.17) is 0 Å². The standard InChI is InChI=1S/C16H22N6O2S/c1-12-17-7-3-14(20-12)21-9-5-16(6-10-21)15-13(18-11-19-15)4-8-22(16)25(2,23)24/h3,7,11H,4-6,8-10H2,1-2H3,(H,18,19). The molecule has 0 aromatic carbocycles. The van der Waals surface area contributed by atoms with Crippen molar-refractivity contribution in [3.8, 4) is 0 Å². The van der Waals surface area contributed by atoms with Crippen molar-refractivity contribution in [2.45, 2.75) is 31.7 Å². The average Bonchev–Trinajstić information content (AvgIpc) is 3.05. The Morgan fingerprint density at radius 2 is 1.96 bits per heavy atom. The Kier molecular flexibility index (Phi) is 3.80. The largest absolute Gasteiger partial charge is 0.356 e. The lowest BCUT2D eigenvalue weighted by atomic mass is 9.80. The predicted octanol–water partition coefficient (Wildman–Crippen LogP) is 0.822. The summed E-state index contributed by atoms with van der Waals surface area (Å²) < 4.78 is 26.5. The first kappa shape index (κ1) is 16.5. The second kappa shape index (κ2) is 5.77. The molecule has 4 rings (SSSR count). The minimum absolute atomic E-state index is 0.501. The number of nitrogens with one attached hydrogen (secondary N) is 1. The van der Waals surface area contributed by atoms with Crippen LogP contribution >= 0.6 is 0 Å². The van der Waals surface area contributed by atoms with Crippen LogP contribution < -0.4 is 4.90 Å². The smallest absolute Gasteiger partial charge is 0.212 e. The van der Waals surface area contributed by atoms with Crippen LogP contribution in [0, 0.1) is 6.92 Å². The topological polar surface area (TPSA) is 95.1 Å². The fraction of sp³-hybridized carbons (Fsp3) is 0.562. The maximum atomic E-state index is 12.4. The van der Waals surface area contributed by atoms with E-state index in [0.29, 0.717) is 25.8 Å². The zero-order valence-electron chi connectivity index (χ0n) is 14.4. The van der Waals surface area contributed by atoms with Gasteiger partial charge in [-0.1, -0.05) is 0 Å². The second-order valence-electron chi connectivity index (χ2n) is 6.80. The van der Waals surface area contributed by atoms with Crippen molar-refractivity contribution in [3.05, 3.63) is 35.8 Å². The molecule has 8 nitrogen and oxygen atoms in total. The highest BCUT2D eigenvalue weighted by Gasteiger charge is 2.50. The van der Waals surface area contributed by atoms with Gasteiger partial charge >= 0.3 is 0 Å². The Hall–Kier alpha value is -2.00. The SMILES string of the molecule is Cc1nccc(N2CCC3(CC2)c2nc[nH]c2CCN3S(C)(=O)=O)n1. The Morgan fingerprint density at radius 1 is 1.20 bits per heavy atom. The molecular formula is C16H22N6O2S. The third-order valence-corrected chi connectivity index (χ3v) is 6.61. The average molecular weight is 362 g/mol. The third-order valence-electron chi connectivity index (χ3n) is 5.28. The van der Waals surface area contributed by atoms with E-state index in [1.165, 1.54) is 6.26 Å². The first-order chi connectivity index (χ1) is 11.9. The van der Waals surface area contributed by atoms with Crippen LogP contribution in [0.3, 0.4) is 0 Å². The molecule has 0 saturated carbocycles. The zero-order valence-corrected chi connectivity index (χ0v) is 15.3. The first-order valence-electron chi connectivity index (χ1n) is 8.45. The lowest BCUT2D eigenvalue weighted by molar-refractivity contribution is 0.128. The number of aryl methyl sites for hydroxylation is 1. The fourth-order valence-electron chi connectivity index (χ4n) is 4.15. The minimum Gasteiger partial charge on any atom is -0.356 e. The number of H-pyrrole nitrogens is 1. The lowest BCUT2D eigenvalue weighted by Crippen LogP contribution is -2.58. The molecule has 0 unspecified atom stereocenters.